The highest BCUT2D eigenvalue weighted by atomic mass is 14.2. The van der Waals surface area contributed by atoms with Gasteiger partial charge in [-0.1, -0.05) is 49.6 Å². The molecule has 1 aromatic rings. The van der Waals surface area contributed by atoms with Crippen LogP contribution in [0.5, 0.6) is 0 Å². The molecule has 0 heterocycles. The first-order valence-electron chi connectivity index (χ1n) is 5.24. The maximum atomic E-state index is 6.25. The van der Waals surface area contributed by atoms with E-state index in [4.69, 9.17) is 11.8 Å². The van der Waals surface area contributed by atoms with Crippen molar-refractivity contribution in [1.29, 1.82) is 5.26 Å². The monoisotopic (exact) mass is 186 g/mol. The van der Waals surface area contributed by atoms with E-state index in [1.54, 1.807) is 5.56 Å². The fraction of sp³-hybridized carbons (Fsp3) is 0.462. The first-order chi connectivity index (χ1) is 6.97. The molecule has 1 fully saturated rings. The van der Waals surface area contributed by atoms with Crippen LogP contribution >= 0.6 is 0 Å². The van der Waals surface area contributed by atoms with E-state index in [2.05, 4.69) is 30.3 Å². The summed E-state index contributed by atoms with van der Waals surface area (Å²) in [5.74, 6) is 0.861. The third-order valence-corrected chi connectivity index (χ3v) is 2.88. The number of hydrogen-bond donors (Lipinski definition) is 0. The molecule has 0 amide bonds. The molecule has 0 N–H and O–H groups in total. The number of benzene rings is 1. The molecule has 1 heteroatoms. The standard InChI is InChI=1S/C12H16.CN/c1-3-7-11(8-4-1)12-9-5-2-6-10-12;1-2/h1,3-4,7-8,12H,2,5-6,9-10H2;/q;-1. The van der Waals surface area contributed by atoms with Gasteiger partial charge in [0.25, 0.3) is 0 Å². The Labute approximate surface area is 86.4 Å². The molecule has 0 spiro atoms. The molecule has 0 bridgehead atoms. The Morgan fingerprint density at radius 2 is 1.50 bits per heavy atom. The van der Waals surface area contributed by atoms with Crippen LogP contribution in [0.2, 0.25) is 0 Å². The van der Waals surface area contributed by atoms with Crippen LogP contribution in [0.3, 0.4) is 0 Å². The van der Waals surface area contributed by atoms with Crippen molar-refractivity contribution < 1.29 is 0 Å². The molecular weight excluding hydrogens is 170 g/mol. The van der Waals surface area contributed by atoms with Crippen LogP contribution in [0.25, 0.3) is 0 Å². The molecule has 0 aliphatic heterocycles. The minimum absolute atomic E-state index is 0.861. The molecule has 1 saturated carbocycles. The van der Waals surface area contributed by atoms with Crippen LogP contribution in [-0.4, -0.2) is 0 Å². The lowest BCUT2D eigenvalue weighted by Gasteiger charge is -2.21. The van der Waals surface area contributed by atoms with Crippen LogP contribution in [-0.2, 0) is 0 Å². The molecule has 1 aliphatic carbocycles. The smallest absolute Gasteiger partial charge is 0.0162 e. The first kappa shape index (κ1) is 10.8. The maximum absolute atomic E-state index is 6.25. The van der Waals surface area contributed by atoms with E-state index in [1.165, 1.54) is 32.1 Å². The van der Waals surface area contributed by atoms with E-state index in [9.17, 15) is 0 Å². The summed E-state index contributed by atoms with van der Waals surface area (Å²) in [4.78, 5) is 0. The Hall–Kier alpha value is -1.29. The summed E-state index contributed by atoms with van der Waals surface area (Å²) in [5, 5.41) is 6.25. The summed E-state index contributed by atoms with van der Waals surface area (Å²) < 4.78 is 0. The highest BCUT2D eigenvalue weighted by molar-refractivity contribution is 5.19. The molecule has 0 aromatic heterocycles. The SMILES string of the molecule is [C-]#N.c1ccc(C2CCCCC2)cc1. The van der Waals surface area contributed by atoms with Gasteiger partial charge in [0.05, 0.1) is 0 Å². The summed E-state index contributed by atoms with van der Waals surface area (Å²) in [6, 6.07) is 11.0. The van der Waals surface area contributed by atoms with E-state index < -0.39 is 0 Å². The molecule has 0 radical (unpaired) electrons. The van der Waals surface area contributed by atoms with Crippen molar-refractivity contribution >= 4 is 0 Å². The molecule has 2 rings (SSSR count). The quantitative estimate of drug-likeness (QED) is 0.611. The summed E-state index contributed by atoms with van der Waals surface area (Å²) in [6.07, 6.45) is 7.12. The van der Waals surface area contributed by atoms with Crippen LogP contribution in [0.1, 0.15) is 43.6 Å². The Bertz CT molecular complexity index is 257. The highest BCUT2D eigenvalue weighted by Crippen LogP contribution is 2.31. The third kappa shape index (κ3) is 2.88. The van der Waals surface area contributed by atoms with Crippen LogP contribution in [0.15, 0.2) is 30.3 Å². The predicted octanol–water partition coefficient (Wildman–Crippen LogP) is 3.83. The maximum Gasteiger partial charge on any atom is -0.0162 e. The van der Waals surface area contributed by atoms with Gasteiger partial charge in [0, 0.05) is 0 Å². The molecular formula is C13H16N-. The first-order valence-corrected chi connectivity index (χ1v) is 5.24. The van der Waals surface area contributed by atoms with Crippen LogP contribution in [0.4, 0.5) is 0 Å². The van der Waals surface area contributed by atoms with Crippen LogP contribution < -0.4 is 0 Å². The van der Waals surface area contributed by atoms with Gasteiger partial charge >= 0.3 is 0 Å². The second-order valence-electron chi connectivity index (χ2n) is 3.75. The molecule has 14 heavy (non-hydrogen) atoms. The molecule has 0 saturated heterocycles. The van der Waals surface area contributed by atoms with Gasteiger partial charge in [-0.3, -0.25) is 0 Å². The minimum Gasteiger partial charge on any atom is -0.512 e. The lowest BCUT2D eigenvalue weighted by Crippen LogP contribution is -2.03. The van der Waals surface area contributed by atoms with Gasteiger partial charge in [-0.15, -0.1) is 0 Å². The number of hydrogen-bond acceptors (Lipinski definition) is 1. The average molecular weight is 186 g/mol. The van der Waals surface area contributed by atoms with Gasteiger partial charge in [0.2, 0.25) is 0 Å². The largest absolute Gasteiger partial charge is 0.512 e. The zero-order chi connectivity index (χ0) is 10.2. The van der Waals surface area contributed by atoms with Crippen molar-refractivity contribution in [3.8, 4) is 0 Å². The van der Waals surface area contributed by atoms with Gasteiger partial charge in [0.1, 0.15) is 0 Å². The van der Waals surface area contributed by atoms with E-state index in [-0.39, 0.29) is 0 Å². The second-order valence-corrected chi connectivity index (χ2v) is 3.75. The molecule has 1 nitrogen and oxygen atoms in total. The third-order valence-electron chi connectivity index (χ3n) is 2.88. The number of nitrogens with zero attached hydrogens (tertiary/aromatic N) is 1. The van der Waals surface area contributed by atoms with E-state index >= 15 is 0 Å². The predicted molar refractivity (Wildman–Crippen MR) is 57.2 cm³/mol. The topological polar surface area (TPSA) is 23.8 Å². The van der Waals surface area contributed by atoms with Crippen LogP contribution in [0, 0.1) is 11.8 Å². The molecule has 0 atom stereocenters. The Balaban J connectivity index is 0.000000461. The summed E-state index contributed by atoms with van der Waals surface area (Å²) in [5.41, 5.74) is 1.55. The molecule has 74 valence electrons. The van der Waals surface area contributed by atoms with E-state index in [0.717, 1.165) is 5.92 Å². The summed E-state index contributed by atoms with van der Waals surface area (Å²) >= 11 is 0. The Kier molecular flexibility index (Phi) is 4.78. The normalized spacial score (nSPS) is 16.7. The second kappa shape index (κ2) is 6.21. The highest BCUT2D eigenvalue weighted by Gasteiger charge is 2.14. The van der Waals surface area contributed by atoms with E-state index in [1.807, 2.05) is 0 Å². The lowest BCUT2D eigenvalue weighted by atomic mass is 9.84. The summed E-state index contributed by atoms with van der Waals surface area (Å²) in [7, 11) is 0. The van der Waals surface area contributed by atoms with E-state index in [0.29, 0.717) is 0 Å². The van der Waals surface area contributed by atoms with Gasteiger partial charge in [-0.25, -0.2) is 0 Å². The Morgan fingerprint density at radius 1 is 0.929 bits per heavy atom. The zero-order valence-electron chi connectivity index (χ0n) is 8.45. The average Bonchev–Trinajstić information content (AvgIpc) is 2.34. The molecule has 0 unspecified atom stereocenters. The van der Waals surface area contributed by atoms with Crippen molar-refractivity contribution in [1.82, 2.24) is 0 Å². The fourth-order valence-corrected chi connectivity index (χ4v) is 2.16. The van der Waals surface area contributed by atoms with Crippen molar-refractivity contribution in [2.24, 2.45) is 0 Å². The molecule has 1 aliphatic rings. The summed E-state index contributed by atoms with van der Waals surface area (Å²) in [6.45, 7) is 4.75. The Morgan fingerprint density at radius 3 is 2.07 bits per heavy atom. The van der Waals surface area contributed by atoms with Gasteiger partial charge < -0.3 is 11.8 Å². The minimum atomic E-state index is 0.861. The lowest BCUT2D eigenvalue weighted by molar-refractivity contribution is 0.443. The van der Waals surface area contributed by atoms with Gasteiger partial charge in [-0.2, -0.15) is 0 Å². The van der Waals surface area contributed by atoms with Gasteiger partial charge in [-0.05, 0) is 24.3 Å². The molecule has 1 aromatic carbocycles. The van der Waals surface area contributed by atoms with Gasteiger partial charge in [0.15, 0.2) is 0 Å². The fourth-order valence-electron chi connectivity index (χ4n) is 2.16. The van der Waals surface area contributed by atoms with Crippen molar-refractivity contribution in [3.05, 3.63) is 42.5 Å². The van der Waals surface area contributed by atoms with Crippen molar-refractivity contribution in [2.45, 2.75) is 38.0 Å². The zero-order valence-corrected chi connectivity index (χ0v) is 8.45. The number of rotatable bonds is 1. The van der Waals surface area contributed by atoms with Crippen molar-refractivity contribution in [3.63, 3.8) is 0 Å². The van der Waals surface area contributed by atoms with Crippen molar-refractivity contribution in [2.75, 3.05) is 0 Å².